The van der Waals surface area contributed by atoms with Gasteiger partial charge in [0, 0.05) is 0 Å². The molecule has 0 aliphatic rings. The fourth-order valence-electron chi connectivity index (χ4n) is 3.91. The van der Waals surface area contributed by atoms with Crippen molar-refractivity contribution in [2.24, 2.45) is 4.99 Å². The van der Waals surface area contributed by atoms with E-state index in [4.69, 9.17) is 4.74 Å². The van der Waals surface area contributed by atoms with Crippen LogP contribution in [0.15, 0.2) is 35.3 Å². The molecule has 1 rings (SSSR count). The molecule has 1 unspecified atom stereocenters. The molecule has 1 aromatic rings. The summed E-state index contributed by atoms with van der Waals surface area (Å²) in [5.74, 6) is 0. The molecular weight excluding hydrogens is 437 g/mol. The van der Waals surface area contributed by atoms with Crippen molar-refractivity contribution in [1.82, 2.24) is 0 Å². The molecule has 0 radical (unpaired) electrons. The van der Waals surface area contributed by atoms with Crippen molar-refractivity contribution in [3.8, 4) is 0 Å². The van der Waals surface area contributed by atoms with Crippen LogP contribution in [0.4, 0.5) is 0 Å². The predicted octanol–water partition coefficient (Wildman–Crippen LogP) is 7.61. The van der Waals surface area contributed by atoms with E-state index in [-0.39, 0.29) is 6.04 Å². The van der Waals surface area contributed by atoms with Crippen LogP contribution in [0.5, 0.6) is 0 Å². The van der Waals surface area contributed by atoms with Crippen LogP contribution in [0, 0.1) is 0 Å². The van der Waals surface area contributed by atoms with Gasteiger partial charge in [-0.05, 0) is 0 Å². The van der Waals surface area contributed by atoms with Crippen molar-refractivity contribution >= 4 is 24.6 Å². The third kappa shape index (κ3) is 10.1. The van der Waals surface area contributed by atoms with Gasteiger partial charge in [-0.1, -0.05) is 0 Å². The molecule has 0 saturated carbocycles. The molecule has 0 saturated heterocycles. The average molecular weight is 480 g/mol. The van der Waals surface area contributed by atoms with Gasteiger partial charge in [-0.2, -0.15) is 0 Å². The van der Waals surface area contributed by atoms with Crippen LogP contribution >= 0.6 is 0 Å². The van der Waals surface area contributed by atoms with Gasteiger partial charge in [0.1, 0.15) is 0 Å². The normalized spacial score (nSPS) is 13.3. The monoisotopic (exact) mass is 481 g/mol. The van der Waals surface area contributed by atoms with Crippen LogP contribution in [-0.4, -0.2) is 35.8 Å². The molecule has 0 aromatic heterocycles. The van der Waals surface area contributed by atoms with Crippen molar-refractivity contribution < 1.29 is 4.74 Å². The number of unbranched alkanes of at least 4 members (excludes halogenated alkanes) is 3. The topological polar surface area (TPSA) is 21.6 Å². The molecule has 0 aliphatic carbocycles. The Hall–Kier alpha value is -0.351. The van der Waals surface area contributed by atoms with E-state index in [2.05, 4.69) is 56.1 Å². The van der Waals surface area contributed by atoms with E-state index in [0.29, 0.717) is 0 Å². The second-order valence-corrected chi connectivity index (χ2v) is 21.7. The second-order valence-electron chi connectivity index (χ2n) is 7.99. The Kier molecular flexibility index (Phi) is 14.2. The number of benzene rings is 1. The Labute approximate surface area is 173 Å². The van der Waals surface area contributed by atoms with Crippen molar-refractivity contribution in [2.45, 2.75) is 92.0 Å². The third-order valence-electron chi connectivity index (χ3n) is 5.64. The Balaban J connectivity index is 2.63. The fraction of sp³-hybridized carbons (Fsp3) is 0.708. The van der Waals surface area contributed by atoms with Crippen LogP contribution in [0.3, 0.4) is 0 Å². The molecule has 27 heavy (non-hydrogen) atoms. The van der Waals surface area contributed by atoms with Crippen LogP contribution in [0.25, 0.3) is 0 Å². The molecule has 0 aliphatic heterocycles. The molecule has 0 spiro atoms. The number of nitrogens with zero attached hydrogens (tertiary/aromatic N) is 1. The summed E-state index contributed by atoms with van der Waals surface area (Å²) in [6.45, 7) is 9.87. The first-order valence-corrected chi connectivity index (χ1v) is 19.4. The number of hydrogen-bond acceptors (Lipinski definition) is 2. The van der Waals surface area contributed by atoms with E-state index in [1.807, 2.05) is 13.1 Å². The van der Waals surface area contributed by atoms with Crippen molar-refractivity contribution in [3.63, 3.8) is 0 Å². The summed E-state index contributed by atoms with van der Waals surface area (Å²) < 4.78 is 12.1. The average Bonchev–Trinajstić information content (AvgIpc) is 2.71. The van der Waals surface area contributed by atoms with E-state index in [0.717, 1.165) is 17.7 Å². The molecule has 0 N–H and O–H groups in total. The van der Waals surface area contributed by atoms with Gasteiger partial charge in [-0.3, -0.25) is 0 Å². The zero-order chi connectivity index (χ0) is 19.8. The van der Waals surface area contributed by atoms with E-state index >= 15 is 0 Å². The van der Waals surface area contributed by atoms with E-state index in [1.54, 1.807) is 0 Å². The minimum atomic E-state index is -2.15. The quantitative estimate of drug-likeness (QED) is 0.136. The first-order chi connectivity index (χ1) is 13.2. The summed E-state index contributed by atoms with van der Waals surface area (Å²) in [5.41, 5.74) is 1.30. The number of ether oxygens (including phenoxy) is 1. The van der Waals surface area contributed by atoms with Gasteiger partial charge in [0.15, 0.2) is 0 Å². The Morgan fingerprint density at radius 3 is 1.96 bits per heavy atom. The van der Waals surface area contributed by atoms with Gasteiger partial charge in [0.2, 0.25) is 0 Å². The summed E-state index contributed by atoms with van der Waals surface area (Å²) >= 11 is -2.15. The molecule has 1 aromatic carbocycles. The van der Waals surface area contributed by atoms with E-state index in [1.165, 1.54) is 57.4 Å². The van der Waals surface area contributed by atoms with Gasteiger partial charge in [0.05, 0.1) is 0 Å². The first-order valence-electron chi connectivity index (χ1n) is 11.3. The SMILES string of the molecule is CC=NC(CCO[CH2][Sn]([CH2]CCC)([CH2]CCC)[CH2]CCC)c1ccccc1. The van der Waals surface area contributed by atoms with Crippen LogP contribution in [0.2, 0.25) is 13.3 Å². The zero-order valence-corrected chi connectivity index (χ0v) is 21.2. The first kappa shape index (κ1) is 24.7. The van der Waals surface area contributed by atoms with Crippen LogP contribution in [-0.2, 0) is 4.74 Å². The predicted molar refractivity (Wildman–Crippen MR) is 124 cm³/mol. The maximum atomic E-state index is 6.41. The summed E-state index contributed by atoms with van der Waals surface area (Å²) in [4.78, 5) is 4.69. The zero-order valence-electron chi connectivity index (χ0n) is 18.4. The van der Waals surface area contributed by atoms with Crippen molar-refractivity contribution in [1.29, 1.82) is 0 Å². The molecular formula is C24H43NOSn. The van der Waals surface area contributed by atoms with Gasteiger partial charge < -0.3 is 0 Å². The molecule has 2 nitrogen and oxygen atoms in total. The fourth-order valence-corrected chi connectivity index (χ4v) is 18.4. The summed E-state index contributed by atoms with van der Waals surface area (Å²) in [6.07, 6.45) is 11.2. The summed E-state index contributed by atoms with van der Waals surface area (Å²) in [7, 11) is 0. The van der Waals surface area contributed by atoms with Gasteiger partial charge >= 0.3 is 173 Å². The summed E-state index contributed by atoms with van der Waals surface area (Å²) in [5, 5.41) is 0. The molecule has 0 bridgehead atoms. The van der Waals surface area contributed by atoms with Crippen LogP contribution in [0.1, 0.15) is 84.2 Å². The molecule has 1 atom stereocenters. The van der Waals surface area contributed by atoms with Crippen molar-refractivity contribution in [3.05, 3.63) is 35.9 Å². The minimum absolute atomic E-state index is 0.239. The van der Waals surface area contributed by atoms with Gasteiger partial charge in [0.25, 0.3) is 0 Å². The van der Waals surface area contributed by atoms with Gasteiger partial charge in [-0.25, -0.2) is 0 Å². The number of rotatable bonds is 16. The van der Waals surface area contributed by atoms with Crippen LogP contribution < -0.4 is 0 Å². The Morgan fingerprint density at radius 2 is 1.48 bits per heavy atom. The van der Waals surface area contributed by atoms with E-state index in [9.17, 15) is 0 Å². The summed E-state index contributed by atoms with van der Waals surface area (Å²) in [6, 6.07) is 10.9. The van der Waals surface area contributed by atoms with Gasteiger partial charge in [-0.15, -0.1) is 0 Å². The maximum absolute atomic E-state index is 6.41. The molecule has 0 fully saturated rings. The third-order valence-corrected chi connectivity index (χ3v) is 20.1. The molecule has 0 amide bonds. The van der Waals surface area contributed by atoms with E-state index < -0.39 is 18.4 Å². The Morgan fingerprint density at radius 1 is 0.926 bits per heavy atom. The molecule has 3 heteroatoms. The second kappa shape index (κ2) is 15.6. The van der Waals surface area contributed by atoms with Crippen molar-refractivity contribution in [2.75, 3.05) is 11.2 Å². The number of hydrogen-bond donors (Lipinski definition) is 0. The number of aliphatic imine (C=N–C) groups is 1. The Bertz CT molecular complexity index is 467. The molecule has 154 valence electrons. The standard InChI is InChI=1S/C12H16NO.3C4H9.Sn/c1-3-13-12(9-10-14-2)11-7-5-4-6-8-11;3*1-3-4-2;/h3-8,12H,2,9-10H2,1H3;3*1,3-4H2,2H3;. The molecule has 0 heterocycles.